The van der Waals surface area contributed by atoms with Crippen molar-refractivity contribution in [1.29, 1.82) is 0 Å². The summed E-state index contributed by atoms with van der Waals surface area (Å²) < 4.78 is 0. The predicted molar refractivity (Wildman–Crippen MR) is 92.8 cm³/mol. The highest BCUT2D eigenvalue weighted by molar-refractivity contribution is 7.21. The summed E-state index contributed by atoms with van der Waals surface area (Å²) in [4.78, 5) is 9.90. The quantitative estimate of drug-likeness (QED) is 0.699. The second-order valence-corrected chi connectivity index (χ2v) is 6.35. The first-order valence-corrected chi connectivity index (χ1v) is 8.33. The number of hydrogen-bond donors (Lipinski definition) is 2. The van der Waals surface area contributed by atoms with Crippen molar-refractivity contribution in [3.05, 3.63) is 42.1 Å². The third kappa shape index (κ3) is 3.21. The van der Waals surface area contributed by atoms with Crippen LogP contribution in [-0.4, -0.2) is 33.6 Å². The van der Waals surface area contributed by atoms with Gasteiger partial charge in [-0.05, 0) is 42.8 Å². The average Bonchev–Trinajstić information content (AvgIpc) is 2.97. The van der Waals surface area contributed by atoms with Gasteiger partial charge in [-0.3, -0.25) is 0 Å². The SMILES string of the molecule is Cc1cc(-c2nc3cccnc3s2)ccc1NCC(O)CCl. The molecule has 3 aromatic rings. The van der Waals surface area contributed by atoms with E-state index in [0.717, 1.165) is 32.2 Å². The van der Waals surface area contributed by atoms with Gasteiger partial charge in [-0.1, -0.05) is 11.3 Å². The normalized spacial score (nSPS) is 12.5. The molecular weight excluding hydrogens is 318 g/mol. The minimum atomic E-state index is -0.545. The molecule has 2 N–H and O–H groups in total. The van der Waals surface area contributed by atoms with Crippen LogP contribution in [0.4, 0.5) is 5.69 Å². The fraction of sp³-hybridized carbons (Fsp3) is 0.250. The molecule has 114 valence electrons. The van der Waals surface area contributed by atoms with E-state index in [9.17, 15) is 5.11 Å². The summed E-state index contributed by atoms with van der Waals surface area (Å²) in [6.45, 7) is 2.47. The molecule has 0 spiro atoms. The van der Waals surface area contributed by atoms with Crippen LogP contribution < -0.4 is 5.32 Å². The van der Waals surface area contributed by atoms with Gasteiger partial charge in [0.15, 0.2) is 0 Å². The van der Waals surface area contributed by atoms with Gasteiger partial charge in [0.05, 0.1) is 12.0 Å². The second-order valence-electron chi connectivity index (χ2n) is 5.07. The lowest BCUT2D eigenvalue weighted by Crippen LogP contribution is -2.21. The van der Waals surface area contributed by atoms with E-state index in [4.69, 9.17) is 11.6 Å². The first-order valence-electron chi connectivity index (χ1n) is 6.98. The molecule has 1 unspecified atom stereocenters. The van der Waals surface area contributed by atoms with Crippen LogP contribution in [-0.2, 0) is 0 Å². The zero-order chi connectivity index (χ0) is 15.5. The van der Waals surface area contributed by atoms with Gasteiger partial charge in [0.1, 0.15) is 15.4 Å². The number of nitrogens with zero attached hydrogens (tertiary/aromatic N) is 2. The van der Waals surface area contributed by atoms with E-state index >= 15 is 0 Å². The molecule has 2 heterocycles. The van der Waals surface area contributed by atoms with Crippen LogP contribution in [0.2, 0.25) is 0 Å². The number of hydrogen-bond acceptors (Lipinski definition) is 5. The number of rotatable bonds is 5. The van der Waals surface area contributed by atoms with Crippen molar-refractivity contribution < 1.29 is 5.11 Å². The van der Waals surface area contributed by atoms with Crippen LogP contribution in [0.5, 0.6) is 0 Å². The molecule has 0 fully saturated rings. The highest BCUT2D eigenvalue weighted by Gasteiger charge is 2.09. The van der Waals surface area contributed by atoms with Crippen molar-refractivity contribution in [2.24, 2.45) is 0 Å². The predicted octanol–water partition coefficient (Wildman–Crippen LogP) is 3.68. The van der Waals surface area contributed by atoms with Gasteiger partial charge in [-0.25, -0.2) is 9.97 Å². The molecule has 1 atom stereocenters. The van der Waals surface area contributed by atoms with Crippen LogP contribution >= 0.6 is 22.9 Å². The van der Waals surface area contributed by atoms with Crippen LogP contribution in [0, 0.1) is 6.92 Å². The van der Waals surface area contributed by atoms with Gasteiger partial charge in [0.2, 0.25) is 0 Å². The molecule has 2 aromatic heterocycles. The van der Waals surface area contributed by atoms with E-state index in [0.29, 0.717) is 6.54 Å². The lowest BCUT2D eigenvalue weighted by molar-refractivity contribution is 0.211. The third-order valence-electron chi connectivity index (χ3n) is 3.35. The van der Waals surface area contributed by atoms with Gasteiger partial charge >= 0.3 is 0 Å². The van der Waals surface area contributed by atoms with E-state index in [-0.39, 0.29) is 5.88 Å². The standard InChI is InChI=1S/C16H16ClN3OS/c1-10-7-11(4-5-13(10)19-9-12(21)8-17)15-20-14-3-2-6-18-16(14)22-15/h2-7,12,19,21H,8-9H2,1H3. The van der Waals surface area contributed by atoms with Crippen molar-refractivity contribution >= 4 is 39.0 Å². The van der Waals surface area contributed by atoms with Crippen molar-refractivity contribution in [3.63, 3.8) is 0 Å². The van der Waals surface area contributed by atoms with E-state index in [1.807, 2.05) is 31.2 Å². The zero-order valence-corrected chi connectivity index (χ0v) is 13.7. The molecule has 0 radical (unpaired) electrons. The van der Waals surface area contributed by atoms with Crippen LogP contribution in [0.3, 0.4) is 0 Å². The van der Waals surface area contributed by atoms with Crippen molar-refractivity contribution in [2.75, 3.05) is 17.7 Å². The van der Waals surface area contributed by atoms with E-state index in [1.165, 1.54) is 0 Å². The first kappa shape index (κ1) is 15.2. The second kappa shape index (κ2) is 6.60. The van der Waals surface area contributed by atoms with Gasteiger partial charge < -0.3 is 10.4 Å². The number of aliphatic hydroxyl groups is 1. The summed E-state index contributed by atoms with van der Waals surface area (Å²) in [7, 11) is 0. The summed E-state index contributed by atoms with van der Waals surface area (Å²) in [6.07, 6.45) is 1.24. The number of thiazole rings is 1. The smallest absolute Gasteiger partial charge is 0.143 e. The van der Waals surface area contributed by atoms with Crippen molar-refractivity contribution in [3.8, 4) is 10.6 Å². The number of anilines is 1. The molecule has 0 bridgehead atoms. The lowest BCUT2D eigenvalue weighted by Gasteiger charge is -2.13. The summed E-state index contributed by atoms with van der Waals surface area (Å²) in [5, 5.41) is 13.7. The Morgan fingerprint density at radius 1 is 1.36 bits per heavy atom. The Kier molecular flexibility index (Phi) is 4.57. The Morgan fingerprint density at radius 3 is 2.95 bits per heavy atom. The van der Waals surface area contributed by atoms with Gasteiger partial charge in [0.25, 0.3) is 0 Å². The lowest BCUT2D eigenvalue weighted by atomic mass is 10.1. The molecule has 22 heavy (non-hydrogen) atoms. The molecular formula is C16H16ClN3OS. The first-order chi connectivity index (χ1) is 10.7. The number of halogens is 1. The summed E-state index contributed by atoms with van der Waals surface area (Å²) in [5.74, 6) is 0.225. The monoisotopic (exact) mass is 333 g/mol. The molecule has 0 saturated heterocycles. The largest absolute Gasteiger partial charge is 0.390 e. The molecule has 1 aromatic carbocycles. The van der Waals surface area contributed by atoms with Crippen LogP contribution in [0.1, 0.15) is 5.56 Å². The highest BCUT2D eigenvalue weighted by Crippen LogP contribution is 2.30. The van der Waals surface area contributed by atoms with E-state index in [1.54, 1.807) is 17.5 Å². The molecule has 3 rings (SSSR count). The van der Waals surface area contributed by atoms with Crippen LogP contribution in [0.15, 0.2) is 36.5 Å². The highest BCUT2D eigenvalue weighted by atomic mass is 35.5. The zero-order valence-electron chi connectivity index (χ0n) is 12.1. The molecule has 0 saturated carbocycles. The third-order valence-corrected chi connectivity index (χ3v) is 4.73. The fourth-order valence-electron chi connectivity index (χ4n) is 2.17. The van der Waals surface area contributed by atoms with E-state index < -0.39 is 6.10 Å². The molecule has 0 aliphatic heterocycles. The number of alkyl halides is 1. The minimum absolute atomic E-state index is 0.225. The number of benzene rings is 1. The Morgan fingerprint density at radius 2 is 2.23 bits per heavy atom. The topological polar surface area (TPSA) is 58.0 Å². The molecule has 0 aliphatic carbocycles. The average molecular weight is 334 g/mol. The Labute approximate surface area is 137 Å². The number of aryl methyl sites for hydroxylation is 1. The molecule has 0 amide bonds. The minimum Gasteiger partial charge on any atom is -0.390 e. The Hall–Kier alpha value is -1.69. The maximum absolute atomic E-state index is 9.51. The van der Waals surface area contributed by atoms with Gasteiger partial charge in [-0.15, -0.1) is 11.6 Å². The maximum atomic E-state index is 9.51. The number of aliphatic hydroxyl groups excluding tert-OH is 1. The number of nitrogens with one attached hydrogen (secondary N) is 1. The summed E-state index contributed by atoms with van der Waals surface area (Å²) in [5.41, 5.74) is 4.09. The Balaban J connectivity index is 1.84. The molecule has 4 nitrogen and oxygen atoms in total. The van der Waals surface area contributed by atoms with Gasteiger partial charge in [-0.2, -0.15) is 0 Å². The van der Waals surface area contributed by atoms with E-state index in [2.05, 4.69) is 21.4 Å². The summed E-state index contributed by atoms with van der Waals surface area (Å²) in [6, 6.07) is 9.99. The number of fused-ring (bicyclic) bond motifs is 1. The maximum Gasteiger partial charge on any atom is 0.143 e. The number of pyridine rings is 1. The van der Waals surface area contributed by atoms with Gasteiger partial charge in [0, 0.05) is 24.0 Å². The molecule has 6 heteroatoms. The fourth-order valence-corrected chi connectivity index (χ4v) is 3.18. The van der Waals surface area contributed by atoms with Crippen molar-refractivity contribution in [2.45, 2.75) is 13.0 Å². The van der Waals surface area contributed by atoms with Crippen molar-refractivity contribution in [1.82, 2.24) is 9.97 Å². The Bertz CT molecular complexity index is 757. The van der Waals surface area contributed by atoms with Crippen LogP contribution in [0.25, 0.3) is 20.9 Å². The summed E-state index contributed by atoms with van der Waals surface area (Å²) >= 11 is 7.19. The number of aromatic nitrogens is 2. The molecule has 0 aliphatic rings.